The zero-order valence-corrected chi connectivity index (χ0v) is 12.6. The maximum atomic E-state index is 12.4. The molecule has 0 aliphatic rings. The highest BCUT2D eigenvalue weighted by Gasteiger charge is 2.17. The smallest absolute Gasteiger partial charge is 0.253 e. The zero-order chi connectivity index (χ0) is 15.7. The van der Waals surface area contributed by atoms with Crippen LogP contribution in [0.15, 0.2) is 47.2 Å². The van der Waals surface area contributed by atoms with Gasteiger partial charge in [0.2, 0.25) is 5.91 Å². The number of benzene rings is 1. The minimum absolute atomic E-state index is 0.169. The molecule has 0 atom stereocenters. The Bertz CT molecular complexity index is 850. The van der Waals surface area contributed by atoms with E-state index in [9.17, 15) is 9.59 Å². The molecule has 112 valence electrons. The van der Waals surface area contributed by atoms with Crippen molar-refractivity contribution in [1.29, 1.82) is 0 Å². The fourth-order valence-electron chi connectivity index (χ4n) is 2.32. The highest BCUT2D eigenvalue weighted by Crippen LogP contribution is 2.25. The van der Waals surface area contributed by atoms with E-state index in [1.54, 1.807) is 36.6 Å². The molecule has 5 nitrogen and oxygen atoms in total. The molecule has 1 aromatic carbocycles. The van der Waals surface area contributed by atoms with E-state index in [0.29, 0.717) is 27.2 Å². The van der Waals surface area contributed by atoms with Gasteiger partial charge in [-0.1, -0.05) is 11.6 Å². The third kappa shape index (κ3) is 2.63. The Labute approximate surface area is 131 Å². The summed E-state index contributed by atoms with van der Waals surface area (Å²) >= 11 is 6.00. The number of carbonyl (C=O) groups is 2. The molecule has 0 aliphatic heterocycles. The lowest BCUT2D eigenvalue weighted by Crippen LogP contribution is -2.22. The predicted octanol–water partition coefficient (Wildman–Crippen LogP) is 3.48. The SMILES string of the molecule is CC(=O)n1cc(C(=O)NCc2ccco2)c2cc(Cl)ccc21. The van der Waals surface area contributed by atoms with Crippen LogP contribution in [0.25, 0.3) is 10.9 Å². The van der Waals surface area contributed by atoms with E-state index in [-0.39, 0.29) is 18.4 Å². The molecule has 0 saturated carbocycles. The minimum atomic E-state index is -0.288. The summed E-state index contributed by atoms with van der Waals surface area (Å²) < 4.78 is 6.61. The number of carbonyl (C=O) groups excluding carboxylic acids is 2. The summed E-state index contributed by atoms with van der Waals surface area (Å²) in [6, 6.07) is 8.62. The van der Waals surface area contributed by atoms with Crippen LogP contribution in [-0.4, -0.2) is 16.4 Å². The molecule has 3 aromatic rings. The van der Waals surface area contributed by atoms with Crippen molar-refractivity contribution in [3.63, 3.8) is 0 Å². The standard InChI is InChI=1S/C16H13ClN2O3/c1-10(20)19-9-14(13-7-11(17)4-5-15(13)19)16(21)18-8-12-3-2-6-22-12/h2-7,9H,8H2,1H3,(H,18,21). The van der Waals surface area contributed by atoms with Crippen LogP contribution in [0, 0.1) is 0 Å². The molecule has 6 heteroatoms. The Morgan fingerprint density at radius 3 is 2.82 bits per heavy atom. The van der Waals surface area contributed by atoms with Crippen molar-refractivity contribution in [3.05, 3.63) is 59.1 Å². The molecule has 1 N–H and O–H groups in total. The first-order valence-electron chi connectivity index (χ1n) is 6.68. The lowest BCUT2D eigenvalue weighted by Gasteiger charge is -2.02. The van der Waals surface area contributed by atoms with Crippen molar-refractivity contribution in [2.24, 2.45) is 0 Å². The summed E-state index contributed by atoms with van der Waals surface area (Å²) in [5.74, 6) is 0.197. The third-order valence-electron chi connectivity index (χ3n) is 3.35. The summed E-state index contributed by atoms with van der Waals surface area (Å²) in [7, 11) is 0. The van der Waals surface area contributed by atoms with Gasteiger partial charge in [0.05, 0.1) is 23.9 Å². The van der Waals surface area contributed by atoms with E-state index in [1.807, 2.05) is 0 Å². The highest BCUT2D eigenvalue weighted by atomic mass is 35.5. The number of aromatic nitrogens is 1. The van der Waals surface area contributed by atoms with Crippen LogP contribution in [0.5, 0.6) is 0 Å². The van der Waals surface area contributed by atoms with Crippen LogP contribution in [0.3, 0.4) is 0 Å². The van der Waals surface area contributed by atoms with E-state index in [1.165, 1.54) is 17.7 Å². The lowest BCUT2D eigenvalue weighted by atomic mass is 10.1. The number of furan rings is 1. The van der Waals surface area contributed by atoms with E-state index >= 15 is 0 Å². The maximum absolute atomic E-state index is 12.4. The molecule has 0 unspecified atom stereocenters. The first-order chi connectivity index (χ1) is 10.6. The number of hydrogen-bond acceptors (Lipinski definition) is 3. The summed E-state index contributed by atoms with van der Waals surface area (Å²) in [5, 5.41) is 3.91. The average molecular weight is 317 g/mol. The molecule has 2 aromatic heterocycles. The Balaban J connectivity index is 1.96. The van der Waals surface area contributed by atoms with Crippen molar-refractivity contribution in [3.8, 4) is 0 Å². The normalized spacial score (nSPS) is 10.8. The van der Waals surface area contributed by atoms with Gasteiger partial charge in [0.15, 0.2) is 0 Å². The Kier molecular flexibility index (Phi) is 3.73. The molecule has 0 spiro atoms. The average Bonchev–Trinajstić information content (AvgIpc) is 3.11. The van der Waals surface area contributed by atoms with Gasteiger partial charge in [-0.2, -0.15) is 0 Å². The van der Waals surface area contributed by atoms with Gasteiger partial charge in [-0.15, -0.1) is 0 Å². The van der Waals surface area contributed by atoms with Crippen molar-refractivity contribution in [2.75, 3.05) is 0 Å². The van der Waals surface area contributed by atoms with Crippen molar-refractivity contribution in [2.45, 2.75) is 13.5 Å². The second-order valence-corrected chi connectivity index (χ2v) is 5.29. The van der Waals surface area contributed by atoms with Crippen LogP contribution in [0.1, 0.15) is 27.8 Å². The summed E-state index contributed by atoms with van der Waals surface area (Å²) in [4.78, 5) is 24.1. The van der Waals surface area contributed by atoms with Crippen molar-refractivity contribution >= 4 is 34.3 Å². The number of rotatable bonds is 3. The number of fused-ring (bicyclic) bond motifs is 1. The Morgan fingerprint density at radius 2 is 2.14 bits per heavy atom. The molecule has 0 radical (unpaired) electrons. The van der Waals surface area contributed by atoms with Crippen LogP contribution in [0.2, 0.25) is 5.02 Å². The van der Waals surface area contributed by atoms with Crippen LogP contribution >= 0.6 is 11.6 Å². The molecule has 0 fully saturated rings. The molecular weight excluding hydrogens is 304 g/mol. The van der Waals surface area contributed by atoms with E-state index in [2.05, 4.69) is 5.32 Å². The van der Waals surface area contributed by atoms with Gasteiger partial charge in [0, 0.05) is 23.5 Å². The number of nitrogens with one attached hydrogen (secondary N) is 1. The molecule has 22 heavy (non-hydrogen) atoms. The van der Waals surface area contributed by atoms with Crippen LogP contribution in [0.4, 0.5) is 0 Å². The second kappa shape index (κ2) is 5.69. The summed E-state index contributed by atoms with van der Waals surface area (Å²) in [6.07, 6.45) is 3.07. The monoisotopic (exact) mass is 316 g/mol. The molecule has 0 saturated heterocycles. The van der Waals surface area contributed by atoms with Crippen molar-refractivity contribution in [1.82, 2.24) is 9.88 Å². The first kappa shape index (κ1) is 14.4. The van der Waals surface area contributed by atoms with Crippen LogP contribution in [-0.2, 0) is 6.54 Å². The third-order valence-corrected chi connectivity index (χ3v) is 3.59. The van der Waals surface area contributed by atoms with E-state index in [0.717, 1.165) is 0 Å². The quantitative estimate of drug-likeness (QED) is 0.804. The molecule has 2 heterocycles. The van der Waals surface area contributed by atoms with Crippen molar-refractivity contribution < 1.29 is 14.0 Å². The van der Waals surface area contributed by atoms with Gasteiger partial charge < -0.3 is 9.73 Å². The number of nitrogens with zero attached hydrogens (tertiary/aromatic N) is 1. The zero-order valence-electron chi connectivity index (χ0n) is 11.8. The molecule has 1 amide bonds. The van der Waals surface area contributed by atoms with Gasteiger partial charge in [-0.3, -0.25) is 14.2 Å². The fraction of sp³-hybridized carbons (Fsp3) is 0.125. The summed E-state index contributed by atoms with van der Waals surface area (Å²) in [6.45, 7) is 1.72. The van der Waals surface area contributed by atoms with Gasteiger partial charge in [0.25, 0.3) is 5.91 Å². The lowest BCUT2D eigenvalue weighted by molar-refractivity contribution is 0.0941. The van der Waals surface area contributed by atoms with Crippen LogP contribution < -0.4 is 5.32 Å². The summed E-state index contributed by atoms with van der Waals surface area (Å²) in [5.41, 5.74) is 1.05. The first-order valence-corrected chi connectivity index (χ1v) is 7.06. The molecular formula is C16H13ClN2O3. The van der Waals surface area contributed by atoms with E-state index in [4.69, 9.17) is 16.0 Å². The fourth-order valence-corrected chi connectivity index (χ4v) is 2.49. The van der Waals surface area contributed by atoms with E-state index < -0.39 is 0 Å². The number of amides is 1. The van der Waals surface area contributed by atoms with Gasteiger partial charge >= 0.3 is 0 Å². The van der Waals surface area contributed by atoms with Gasteiger partial charge in [-0.25, -0.2) is 0 Å². The largest absolute Gasteiger partial charge is 0.467 e. The maximum Gasteiger partial charge on any atom is 0.253 e. The number of hydrogen-bond donors (Lipinski definition) is 1. The minimum Gasteiger partial charge on any atom is -0.467 e. The Hall–Kier alpha value is -2.53. The van der Waals surface area contributed by atoms with Gasteiger partial charge in [-0.05, 0) is 30.3 Å². The molecule has 3 rings (SSSR count). The second-order valence-electron chi connectivity index (χ2n) is 4.86. The van der Waals surface area contributed by atoms with Gasteiger partial charge in [0.1, 0.15) is 5.76 Å². The number of halogens is 1. The molecule has 0 aliphatic carbocycles. The highest BCUT2D eigenvalue weighted by molar-refractivity contribution is 6.31. The predicted molar refractivity (Wildman–Crippen MR) is 83.1 cm³/mol. The topological polar surface area (TPSA) is 64.2 Å². The Morgan fingerprint density at radius 1 is 1.32 bits per heavy atom. The molecule has 0 bridgehead atoms.